The topological polar surface area (TPSA) is 67.9 Å². The van der Waals surface area contributed by atoms with Crippen LogP contribution in [0.2, 0.25) is 10.0 Å². The number of carbonyl (C=O) groups is 2. The van der Waals surface area contributed by atoms with E-state index in [0.717, 1.165) is 43.5 Å². The highest BCUT2D eigenvalue weighted by Crippen LogP contribution is 2.50. The Morgan fingerprint density at radius 1 is 1.17 bits per heavy atom. The molecule has 4 rings (SSSR count). The van der Waals surface area contributed by atoms with E-state index in [1.54, 1.807) is 25.3 Å². The summed E-state index contributed by atoms with van der Waals surface area (Å²) in [6.07, 6.45) is 2.68. The largest absolute Gasteiger partial charge is 0.427 e. The third kappa shape index (κ3) is 5.83. The molecule has 1 N–H and O–H groups in total. The van der Waals surface area contributed by atoms with Crippen molar-refractivity contribution in [2.75, 3.05) is 27.2 Å². The molecular formula is C27H32Cl2N2O4. The summed E-state index contributed by atoms with van der Waals surface area (Å²) < 4.78 is 11.4. The van der Waals surface area contributed by atoms with Gasteiger partial charge in [0.15, 0.2) is 0 Å². The maximum absolute atomic E-state index is 13.0. The fraction of sp³-hybridized carbons (Fsp3) is 0.481. The van der Waals surface area contributed by atoms with Crippen LogP contribution in [-0.4, -0.2) is 56.2 Å². The normalized spacial score (nSPS) is 26.6. The van der Waals surface area contributed by atoms with E-state index < -0.39 is 0 Å². The van der Waals surface area contributed by atoms with Gasteiger partial charge in [-0.05, 0) is 68.2 Å². The molecule has 6 nitrogen and oxygen atoms in total. The minimum atomic E-state index is -0.342. The Morgan fingerprint density at radius 3 is 2.69 bits per heavy atom. The number of piperidine rings is 1. The first-order valence-electron chi connectivity index (χ1n) is 11.9. The monoisotopic (exact) mass is 518 g/mol. The Morgan fingerprint density at radius 2 is 1.97 bits per heavy atom. The molecule has 35 heavy (non-hydrogen) atoms. The molecule has 1 aliphatic carbocycles. The van der Waals surface area contributed by atoms with Gasteiger partial charge in [0.05, 0.1) is 22.6 Å². The molecule has 2 fully saturated rings. The number of nitrogens with one attached hydrogen (secondary N) is 1. The van der Waals surface area contributed by atoms with Crippen LogP contribution in [-0.2, 0) is 26.2 Å². The number of halogens is 2. The lowest BCUT2D eigenvalue weighted by atomic mass is 9.57. The summed E-state index contributed by atoms with van der Waals surface area (Å²) in [5.74, 6) is 0.396. The van der Waals surface area contributed by atoms with Crippen molar-refractivity contribution < 1.29 is 19.1 Å². The Hall–Kier alpha value is -2.12. The summed E-state index contributed by atoms with van der Waals surface area (Å²) >= 11 is 12.1. The van der Waals surface area contributed by atoms with Gasteiger partial charge in [0.25, 0.3) is 0 Å². The fourth-order valence-corrected chi connectivity index (χ4v) is 6.19. The number of benzene rings is 2. The standard InChI is InChI=1S/C27H32Cl2N2O4/c1-17(32)35-21-6-4-5-19(13-21)27-9-10-31(2)16-22(27)25(34-3)14-20(15-27)30-26(33)12-18-7-8-23(28)24(29)11-18/h4-8,11,13,20,22,25H,9-10,12,14-16H2,1-3H3,(H,30,33)/t20-,22?,25?,27?/m0/s1. The molecule has 3 unspecified atom stereocenters. The average Bonchev–Trinajstić information content (AvgIpc) is 2.81. The quantitative estimate of drug-likeness (QED) is 0.445. The smallest absolute Gasteiger partial charge is 0.308 e. The van der Waals surface area contributed by atoms with Crippen molar-refractivity contribution in [3.05, 3.63) is 63.6 Å². The number of methoxy groups -OCH3 is 1. The van der Waals surface area contributed by atoms with E-state index in [-0.39, 0.29) is 41.8 Å². The lowest BCUT2D eigenvalue weighted by Gasteiger charge is -2.55. The van der Waals surface area contributed by atoms with Gasteiger partial charge in [-0.1, -0.05) is 41.4 Å². The predicted molar refractivity (Wildman–Crippen MR) is 137 cm³/mol. The van der Waals surface area contributed by atoms with Gasteiger partial charge in [-0.15, -0.1) is 0 Å². The van der Waals surface area contributed by atoms with Crippen molar-refractivity contribution in [1.29, 1.82) is 0 Å². The second-order valence-electron chi connectivity index (χ2n) is 9.80. The summed E-state index contributed by atoms with van der Waals surface area (Å²) in [5, 5.41) is 4.17. The molecule has 1 saturated carbocycles. The zero-order valence-corrected chi connectivity index (χ0v) is 21.9. The number of hydrogen-bond acceptors (Lipinski definition) is 5. The van der Waals surface area contributed by atoms with Crippen molar-refractivity contribution in [1.82, 2.24) is 10.2 Å². The van der Waals surface area contributed by atoms with Crippen LogP contribution in [0.1, 0.15) is 37.3 Å². The summed E-state index contributed by atoms with van der Waals surface area (Å²) in [5.41, 5.74) is 1.74. The molecule has 0 bridgehead atoms. The minimum absolute atomic E-state index is 0.0147. The van der Waals surface area contributed by atoms with Gasteiger partial charge in [-0.25, -0.2) is 0 Å². The summed E-state index contributed by atoms with van der Waals surface area (Å²) in [7, 11) is 3.89. The number of hydrogen-bond donors (Lipinski definition) is 1. The molecule has 1 aliphatic heterocycles. The fourth-order valence-electron chi connectivity index (χ4n) is 5.87. The number of esters is 1. The predicted octanol–water partition coefficient (Wildman–Crippen LogP) is 4.64. The molecule has 0 aromatic heterocycles. The Bertz CT molecular complexity index is 1090. The molecule has 1 heterocycles. The van der Waals surface area contributed by atoms with Crippen LogP contribution in [0.5, 0.6) is 5.75 Å². The molecule has 2 aromatic carbocycles. The lowest BCUT2D eigenvalue weighted by Crippen LogP contribution is -2.60. The molecular weight excluding hydrogens is 487 g/mol. The third-order valence-corrected chi connectivity index (χ3v) is 8.16. The lowest BCUT2D eigenvalue weighted by molar-refractivity contribution is -0.132. The molecule has 1 saturated heterocycles. The zero-order chi connectivity index (χ0) is 25.2. The van der Waals surface area contributed by atoms with Crippen LogP contribution in [0.4, 0.5) is 0 Å². The first-order chi connectivity index (χ1) is 16.7. The van der Waals surface area contributed by atoms with E-state index in [1.807, 2.05) is 18.2 Å². The van der Waals surface area contributed by atoms with Crippen molar-refractivity contribution in [2.24, 2.45) is 5.92 Å². The number of amides is 1. The minimum Gasteiger partial charge on any atom is -0.427 e. The van der Waals surface area contributed by atoms with E-state index >= 15 is 0 Å². The van der Waals surface area contributed by atoms with Gasteiger partial charge in [0.2, 0.25) is 5.91 Å². The SMILES string of the molecule is COC1C[C@H](NC(=O)Cc2ccc(Cl)c(Cl)c2)CC2(c3cccc(OC(C)=O)c3)CCN(C)CC12. The second-order valence-corrected chi connectivity index (χ2v) is 10.6. The van der Waals surface area contributed by atoms with Crippen LogP contribution in [0.15, 0.2) is 42.5 Å². The highest BCUT2D eigenvalue weighted by molar-refractivity contribution is 6.42. The first-order valence-corrected chi connectivity index (χ1v) is 12.7. The Balaban J connectivity index is 1.60. The van der Waals surface area contributed by atoms with Crippen molar-refractivity contribution >= 4 is 35.1 Å². The average molecular weight is 519 g/mol. The second kappa shape index (κ2) is 10.9. The van der Waals surface area contributed by atoms with E-state index in [4.69, 9.17) is 32.7 Å². The number of carbonyl (C=O) groups excluding carboxylic acids is 2. The molecule has 188 valence electrons. The van der Waals surface area contributed by atoms with Gasteiger partial charge >= 0.3 is 5.97 Å². The number of fused-ring (bicyclic) bond motifs is 1. The van der Waals surface area contributed by atoms with E-state index in [2.05, 4.69) is 23.3 Å². The van der Waals surface area contributed by atoms with Crippen molar-refractivity contribution in [2.45, 2.75) is 50.2 Å². The number of ether oxygens (including phenoxy) is 2. The van der Waals surface area contributed by atoms with E-state index in [9.17, 15) is 9.59 Å². The van der Waals surface area contributed by atoms with Gasteiger partial charge in [-0.3, -0.25) is 9.59 Å². The van der Waals surface area contributed by atoms with Crippen molar-refractivity contribution in [3.63, 3.8) is 0 Å². The molecule has 4 atom stereocenters. The van der Waals surface area contributed by atoms with Crippen LogP contribution in [0, 0.1) is 5.92 Å². The molecule has 1 amide bonds. The maximum Gasteiger partial charge on any atom is 0.308 e. The van der Waals surface area contributed by atoms with Crippen LogP contribution in [0.3, 0.4) is 0 Å². The number of rotatable bonds is 6. The van der Waals surface area contributed by atoms with E-state index in [1.165, 1.54) is 6.92 Å². The molecule has 2 aliphatic rings. The summed E-state index contributed by atoms with van der Waals surface area (Å²) in [6.45, 7) is 3.25. The zero-order valence-electron chi connectivity index (χ0n) is 20.4. The Kier molecular flexibility index (Phi) is 8.06. The Labute approximate surface area is 216 Å². The van der Waals surface area contributed by atoms with Crippen LogP contribution < -0.4 is 10.1 Å². The van der Waals surface area contributed by atoms with Gasteiger partial charge in [0, 0.05) is 38.0 Å². The summed E-state index contributed by atoms with van der Waals surface area (Å²) in [4.78, 5) is 26.9. The van der Waals surface area contributed by atoms with Gasteiger partial charge in [-0.2, -0.15) is 0 Å². The van der Waals surface area contributed by atoms with Crippen molar-refractivity contribution in [3.8, 4) is 5.75 Å². The van der Waals surface area contributed by atoms with E-state index in [0.29, 0.717) is 15.8 Å². The molecule has 2 aromatic rings. The van der Waals surface area contributed by atoms with Crippen LogP contribution >= 0.6 is 23.2 Å². The third-order valence-electron chi connectivity index (χ3n) is 7.42. The highest BCUT2D eigenvalue weighted by atomic mass is 35.5. The molecule has 0 radical (unpaired) electrons. The van der Waals surface area contributed by atoms with Crippen LogP contribution in [0.25, 0.3) is 0 Å². The number of likely N-dealkylation sites (tertiary alicyclic amines) is 1. The molecule has 8 heteroatoms. The summed E-state index contributed by atoms with van der Waals surface area (Å²) in [6, 6.07) is 13.0. The number of nitrogens with zero attached hydrogens (tertiary/aromatic N) is 1. The highest BCUT2D eigenvalue weighted by Gasteiger charge is 2.52. The first kappa shape index (κ1) is 26.0. The van der Waals surface area contributed by atoms with Gasteiger partial charge < -0.3 is 19.7 Å². The maximum atomic E-state index is 13.0. The molecule has 0 spiro atoms. The van der Waals surface area contributed by atoms with Gasteiger partial charge in [0.1, 0.15) is 5.75 Å².